The van der Waals surface area contributed by atoms with Gasteiger partial charge in [0.15, 0.2) is 0 Å². The first-order valence-corrected chi connectivity index (χ1v) is 8.17. The van der Waals surface area contributed by atoms with Gasteiger partial charge >= 0.3 is 5.97 Å². The summed E-state index contributed by atoms with van der Waals surface area (Å²) in [7, 11) is 0. The van der Waals surface area contributed by atoms with Gasteiger partial charge in [-0.05, 0) is 0 Å². The van der Waals surface area contributed by atoms with Gasteiger partial charge in [0.05, 0.1) is 31.6 Å². The highest BCUT2D eigenvalue weighted by Crippen LogP contribution is 2.25. The SMILES string of the molecule is CCC(=O)N1CSCC1C(=O)N1CCOCC1CC(=O)O. The summed E-state index contributed by atoms with van der Waals surface area (Å²) in [5.41, 5.74) is 0. The molecule has 0 radical (unpaired) electrons. The van der Waals surface area contributed by atoms with E-state index in [4.69, 9.17) is 9.84 Å². The van der Waals surface area contributed by atoms with Gasteiger partial charge in [0.2, 0.25) is 11.8 Å². The smallest absolute Gasteiger partial charge is 0.305 e. The lowest BCUT2D eigenvalue weighted by molar-refractivity contribution is -0.152. The molecule has 0 aliphatic carbocycles. The third-order valence-corrected chi connectivity index (χ3v) is 4.72. The number of carbonyl (C=O) groups is 3. The van der Waals surface area contributed by atoms with Crippen LogP contribution in [0.4, 0.5) is 0 Å². The number of carboxylic acid groups (broad SMARTS) is 1. The third kappa shape index (κ3) is 3.68. The number of aliphatic carboxylic acids is 1. The Labute approximate surface area is 127 Å². The molecule has 2 fully saturated rings. The number of thioether (sulfide) groups is 1. The number of carboxylic acids is 1. The van der Waals surface area contributed by atoms with Crippen LogP contribution in [0.25, 0.3) is 0 Å². The van der Waals surface area contributed by atoms with E-state index in [9.17, 15) is 14.4 Å². The molecule has 1 N–H and O–H groups in total. The maximum Gasteiger partial charge on any atom is 0.305 e. The number of amides is 2. The molecular formula is C13H20N2O5S. The van der Waals surface area contributed by atoms with Crippen molar-refractivity contribution in [2.24, 2.45) is 0 Å². The summed E-state index contributed by atoms with van der Waals surface area (Å²) in [6.45, 7) is 2.80. The lowest BCUT2D eigenvalue weighted by atomic mass is 10.1. The molecule has 2 amide bonds. The Hall–Kier alpha value is -1.28. The van der Waals surface area contributed by atoms with Gasteiger partial charge in [0.25, 0.3) is 0 Å². The van der Waals surface area contributed by atoms with E-state index in [1.54, 1.807) is 28.5 Å². The van der Waals surface area contributed by atoms with Gasteiger partial charge in [-0.3, -0.25) is 14.4 Å². The van der Waals surface area contributed by atoms with Crippen LogP contribution in [0.2, 0.25) is 0 Å². The molecule has 7 nitrogen and oxygen atoms in total. The second-order valence-electron chi connectivity index (χ2n) is 5.09. The van der Waals surface area contributed by atoms with Crippen LogP contribution in [0.15, 0.2) is 0 Å². The second kappa shape index (κ2) is 7.13. The molecule has 2 heterocycles. The van der Waals surface area contributed by atoms with Gasteiger partial charge in [0, 0.05) is 18.7 Å². The lowest BCUT2D eigenvalue weighted by Gasteiger charge is -2.37. The molecule has 0 aromatic carbocycles. The van der Waals surface area contributed by atoms with Crippen molar-refractivity contribution in [2.45, 2.75) is 31.8 Å². The summed E-state index contributed by atoms with van der Waals surface area (Å²) in [6, 6.07) is -0.926. The summed E-state index contributed by atoms with van der Waals surface area (Å²) >= 11 is 1.55. The van der Waals surface area contributed by atoms with E-state index >= 15 is 0 Å². The Kier molecular flexibility index (Phi) is 5.46. The fourth-order valence-corrected chi connectivity index (χ4v) is 3.78. The molecule has 2 aliphatic rings. The highest BCUT2D eigenvalue weighted by molar-refractivity contribution is 7.99. The van der Waals surface area contributed by atoms with Gasteiger partial charge in [-0.1, -0.05) is 6.92 Å². The van der Waals surface area contributed by atoms with E-state index in [-0.39, 0.29) is 24.8 Å². The fraction of sp³-hybridized carbons (Fsp3) is 0.769. The van der Waals surface area contributed by atoms with Crippen molar-refractivity contribution < 1.29 is 24.2 Å². The molecule has 2 aliphatic heterocycles. The van der Waals surface area contributed by atoms with E-state index < -0.39 is 18.1 Å². The van der Waals surface area contributed by atoms with E-state index in [2.05, 4.69) is 0 Å². The number of carbonyl (C=O) groups excluding carboxylic acids is 2. The first-order chi connectivity index (χ1) is 10.0. The predicted octanol–water partition coefficient (Wildman–Crippen LogP) is 0.000000000000000389. The monoisotopic (exact) mass is 316 g/mol. The van der Waals surface area contributed by atoms with E-state index in [1.807, 2.05) is 0 Å². The van der Waals surface area contributed by atoms with Crippen molar-refractivity contribution in [3.05, 3.63) is 0 Å². The van der Waals surface area contributed by atoms with Crippen molar-refractivity contribution in [3.8, 4) is 0 Å². The number of ether oxygens (including phenoxy) is 1. The van der Waals surface area contributed by atoms with Crippen LogP contribution in [0.5, 0.6) is 0 Å². The fourth-order valence-electron chi connectivity index (χ4n) is 2.60. The summed E-state index contributed by atoms with van der Waals surface area (Å²) in [6.07, 6.45) is 0.235. The Morgan fingerprint density at radius 1 is 1.33 bits per heavy atom. The maximum atomic E-state index is 12.7. The van der Waals surface area contributed by atoms with Crippen LogP contribution in [-0.4, -0.2) is 76.2 Å². The van der Waals surface area contributed by atoms with Crippen LogP contribution in [0, 0.1) is 0 Å². The molecule has 0 spiro atoms. The van der Waals surface area contributed by atoms with Gasteiger partial charge < -0.3 is 19.6 Å². The van der Waals surface area contributed by atoms with Crippen molar-refractivity contribution in [3.63, 3.8) is 0 Å². The van der Waals surface area contributed by atoms with Gasteiger partial charge in [0.1, 0.15) is 6.04 Å². The molecule has 0 saturated carbocycles. The zero-order valence-electron chi connectivity index (χ0n) is 12.0. The largest absolute Gasteiger partial charge is 0.481 e. The third-order valence-electron chi connectivity index (χ3n) is 3.71. The lowest BCUT2D eigenvalue weighted by Crippen LogP contribution is -2.56. The molecule has 118 valence electrons. The van der Waals surface area contributed by atoms with Gasteiger partial charge in [-0.15, -0.1) is 11.8 Å². The number of nitrogens with zero attached hydrogens (tertiary/aromatic N) is 2. The van der Waals surface area contributed by atoms with Crippen LogP contribution < -0.4 is 0 Å². The minimum atomic E-state index is -0.953. The predicted molar refractivity (Wildman–Crippen MR) is 76.8 cm³/mol. The van der Waals surface area contributed by atoms with Crippen LogP contribution in [0.1, 0.15) is 19.8 Å². The van der Waals surface area contributed by atoms with Crippen LogP contribution in [0.3, 0.4) is 0 Å². The van der Waals surface area contributed by atoms with Gasteiger partial charge in [-0.25, -0.2) is 0 Å². The average Bonchev–Trinajstić information content (AvgIpc) is 2.95. The zero-order valence-corrected chi connectivity index (χ0v) is 12.8. The topological polar surface area (TPSA) is 87.2 Å². The summed E-state index contributed by atoms with van der Waals surface area (Å²) < 4.78 is 5.28. The molecule has 2 unspecified atom stereocenters. The van der Waals surface area contributed by atoms with Crippen LogP contribution in [-0.2, 0) is 19.1 Å². The maximum absolute atomic E-state index is 12.7. The van der Waals surface area contributed by atoms with E-state index in [0.29, 0.717) is 31.2 Å². The molecule has 0 aromatic heterocycles. The summed E-state index contributed by atoms with van der Waals surface area (Å²) in [5.74, 6) is -0.0537. The number of hydrogen-bond donors (Lipinski definition) is 1. The Balaban J connectivity index is 2.09. The second-order valence-corrected chi connectivity index (χ2v) is 6.09. The molecule has 2 saturated heterocycles. The van der Waals surface area contributed by atoms with E-state index in [1.165, 1.54) is 0 Å². The summed E-state index contributed by atoms with van der Waals surface area (Å²) in [4.78, 5) is 38.7. The highest BCUT2D eigenvalue weighted by atomic mass is 32.2. The average molecular weight is 316 g/mol. The molecule has 2 rings (SSSR count). The molecule has 0 bridgehead atoms. The zero-order chi connectivity index (χ0) is 15.4. The van der Waals surface area contributed by atoms with Crippen molar-refractivity contribution in [2.75, 3.05) is 31.4 Å². The van der Waals surface area contributed by atoms with Gasteiger partial charge in [-0.2, -0.15) is 0 Å². The normalized spacial score (nSPS) is 26.0. The quantitative estimate of drug-likeness (QED) is 0.785. The number of rotatable bonds is 4. The first-order valence-electron chi connectivity index (χ1n) is 7.01. The first kappa shape index (κ1) is 16.1. The Morgan fingerprint density at radius 3 is 2.76 bits per heavy atom. The molecule has 2 atom stereocenters. The molecule has 0 aromatic rings. The standard InChI is InChI=1S/C13H20N2O5S/c1-2-11(16)15-8-21-7-10(15)13(19)14-3-4-20-6-9(14)5-12(17)18/h9-10H,2-8H2,1H3,(H,17,18). The molecule has 21 heavy (non-hydrogen) atoms. The highest BCUT2D eigenvalue weighted by Gasteiger charge is 2.39. The summed E-state index contributed by atoms with van der Waals surface area (Å²) in [5, 5.41) is 8.95. The molecular weight excluding hydrogens is 296 g/mol. The van der Waals surface area contributed by atoms with Crippen molar-refractivity contribution in [1.29, 1.82) is 0 Å². The number of morpholine rings is 1. The van der Waals surface area contributed by atoms with Crippen molar-refractivity contribution >= 4 is 29.5 Å². The Bertz CT molecular complexity index is 431. The van der Waals surface area contributed by atoms with E-state index in [0.717, 1.165) is 0 Å². The molecule has 8 heteroatoms. The number of hydrogen-bond acceptors (Lipinski definition) is 5. The minimum Gasteiger partial charge on any atom is -0.481 e. The Morgan fingerprint density at radius 2 is 2.10 bits per heavy atom. The minimum absolute atomic E-state index is 0.0404. The van der Waals surface area contributed by atoms with Crippen LogP contribution >= 0.6 is 11.8 Å². The van der Waals surface area contributed by atoms with Crippen molar-refractivity contribution in [1.82, 2.24) is 9.80 Å².